The van der Waals surface area contributed by atoms with Crippen LogP contribution in [0.5, 0.6) is 5.75 Å². The third-order valence-corrected chi connectivity index (χ3v) is 4.90. The van der Waals surface area contributed by atoms with Gasteiger partial charge in [0.2, 0.25) is 5.95 Å². The zero-order valence-corrected chi connectivity index (χ0v) is 17.1. The first-order chi connectivity index (χ1) is 15.7. The molecule has 0 aliphatic heterocycles. The number of nitrogens with zero attached hydrogens (tertiary/aromatic N) is 6. The molecule has 0 fully saturated rings. The molecule has 8 nitrogen and oxygen atoms in total. The average Bonchev–Trinajstić information content (AvgIpc) is 3.19. The monoisotopic (exact) mass is 449 g/mol. The summed E-state index contributed by atoms with van der Waals surface area (Å²) in [5.41, 5.74) is 6.84. The Morgan fingerprint density at radius 2 is 1.79 bits per heavy atom. The average molecular weight is 449 g/mol. The molecule has 0 aliphatic carbocycles. The van der Waals surface area contributed by atoms with Crippen molar-refractivity contribution < 1.29 is 17.9 Å². The largest absolute Gasteiger partial charge is 0.496 e. The van der Waals surface area contributed by atoms with Gasteiger partial charge in [-0.1, -0.05) is 12.1 Å². The van der Waals surface area contributed by atoms with E-state index in [9.17, 15) is 23.7 Å². The lowest BCUT2D eigenvalue weighted by Gasteiger charge is -2.16. The van der Waals surface area contributed by atoms with E-state index < -0.39 is 11.7 Å². The SMILES string of the molecule is COc1c(Cn2ncc3c(-c4cc(C#N)cc(C#N)c4)nc(N)nc32)cccc1C(F)(F)F. The van der Waals surface area contributed by atoms with Crippen LogP contribution in [0.4, 0.5) is 19.1 Å². The molecule has 0 bridgehead atoms. The summed E-state index contributed by atoms with van der Waals surface area (Å²) >= 11 is 0. The molecule has 2 aromatic carbocycles. The second-order valence-electron chi connectivity index (χ2n) is 6.99. The summed E-state index contributed by atoms with van der Waals surface area (Å²) in [7, 11) is 1.17. The van der Waals surface area contributed by atoms with E-state index in [0.29, 0.717) is 16.6 Å². The van der Waals surface area contributed by atoms with Crippen LogP contribution >= 0.6 is 0 Å². The number of aromatic nitrogens is 4. The number of para-hydroxylation sites is 1. The summed E-state index contributed by atoms with van der Waals surface area (Å²) in [5, 5.41) is 23.3. The molecule has 0 atom stereocenters. The first-order valence-electron chi connectivity index (χ1n) is 9.43. The molecule has 0 amide bonds. The maximum Gasteiger partial charge on any atom is 0.419 e. The number of hydrogen-bond acceptors (Lipinski definition) is 7. The molecule has 4 aromatic rings. The Labute approximate surface area is 185 Å². The predicted octanol–water partition coefficient (Wildman–Crippen LogP) is 3.89. The summed E-state index contributed by atoms with van der Waals surface area (Å²) in [6.45, 7) is -0.0752. The van der Waals surface area contributed by atoms with Crippen LogP contribution in [-0.4, -0.2) is 26.9 Å². The van der Waals surface area contributed by atoms with Crippen molar-refractivity contribution in [1.29, 1.82) is 10.5 Å². The molecule has 0 radical (unpaired) electrons. The Balaban J connectivity index is 1.86. The number of nitrogens with two attached hydrogens (primary N) is 1. The summed E-state index contributed by atoms with van der Waals surface area (Å²) in [6, 6.07) is 12.3. The van der Waals surface area contributed by atoms with Gasteiger partial charge < -0.3 is 10.5 Å². The maximum atomic E-state index is 13.4. The predicted molar refractivity (Wildman–Crippen MR) is 112 cm³/mol. The highest BCUT2D eigenvalue weighted by atomic mass is 19.4. The number of alkyl halides is 3. The Morgan fingerprint density at radius 1 is 1.09 bits per heavy atom. The van der Waals surface area contributed by atoms with Crippen molar-refractivity contribution in [3.63, 3.8) is 0 Å². The number of methoxy groups -OCH3 is 1. The quantitative estimate of drug-likeness (QED) is 0.501. The number of anilines is 1. The van der Waals surface area contributed by atoms with Gasteiger partial charge in [0.1, 0.15) is 5.75 Å². The summed E-state index contributed by atoms with van der Waals surface area (Å²) in [5.74, 6) is -0.410. The van der Waals surface area contributed by atoms with E-state index in [1.807, 2.05) is 12.1 Å². The van der Waals surface area contributed by atoms with E-state index in [0.717, 1.165) is 6.07 Å². The van der Waals surface area contributed by atoms with Gasteiger partial charge in [0.25, 0.3) is 0 Å². The van der Waals surface area contributed by atoms with Gasteiger partial charge in [-0.25, -0.2) is 9.67 Å². The molecule has 2 heterocycles. The Hall–Kier alpha value is -4.64. The highest BCUT2D eigenvalue weighted by Gasteiger charge is 2.35. The zero-order valence-electron chi connectivity index (χ0n) is 17.1. The molecular formula is C22H14F3N7O. The number of halogens is 3. The topological polar surface area (TPSA) is 126 Å². The minimum Gasteiger partial charge on any atom is -0.496 e. The van der Waals surface area contributed by atoms with Gasteiger partial charge in [-0.2, -0.15) is 33.8 Å². The number of hydrogen-bond donors (Lipinski definition) is 1. The fourth-order valence-corrected chi connectivity index (χ4v) is 3.54. The fraction of sp³-hybridized carbons (Fsp3) is 0.136. The zero-order chi connectivity index (χ0) is 23.8. The van der Waals surface area contributed by atoms with Gasteiger partial charge in [0, 0.05) is 11.1 Å². The van der Waals surface area contributed by atoms with Crippen LogP contribution in [0.3, 0.4) is 0 Å². The van der Waals surface area contributed by atoms with Crippen LogP contribution in [0.15, 0.2) is 42.6 Å². The molecule has 4 rings (SSSR count). The van der Waals surface area contributed by atoms with E-state index >= 15 is 0 Å². The molecular weight excluding hydrogens is 435 g/mol. The third kappa shape index (κ3) is 4.00. The van der Waals surface area contributed by atoms with Crippen LogP contribution < -0.4 is 10.5 Å². The van der Waals surface area contributed by atoms with Crippen molar-refractivity contribution in [2.24, 2.45) is 0 Å². The lowest BCUT2D eigenvalue weighted by molar-refractivity contribution is -0.138. The van der Waals surface area contributed by atoms with Gasteiger partial charge in [-0.05, 0) is 24.3 Å². The highest BCUT2D eigenvalue weighted by Crippen LogP contribution is 2.38. The molecule has 33 heavy (non-hydrogen) atoms. The lowest BCUT2D eigenvalue weighted by Crippen LogP contribution is -2.11. The number of nitrogen functional groups attached to an aromatic ring is 1. The van der Waals surface area contributed by atoms with Crippen molar-refractivity contribution in [1.82, 2.24) is 19.7 Å². The minimum absolute atomic E-state index is 0.0752. The third-order valence-electron chi connectivity index (χ3n) is 4.90. The van der Waals surface area contributed by atoms with Gasteiger partial charge in [0.15, 0.2) is 5.65 Å². The Kier molecular flexibility index (Phi) is 5.32. The molecule has 2 aromatic heterocycles. The lowest BCUT2D eigenvalue weighted by atomic mass is 10.0. The molecule has 0 saturated carbocycles. The van der Waals surface area contributed by atoms with Gasteiger partial charge in [-0.3, -0.25) is 0 Å². The molecule has 11 heteroatoms. The first-order valence-corrected chi connectivity index (χ1v) is 9.43. The van der Waals surface area contributed by atoms with Crippen LogP contribution in [0.2, 0.25) is 0 Å². The van der Waals surface area contributed by atoms with Crippen LogP contribution in [0, 0.1) is 22.7 Å². The second kappa shape index (κ2) is 8.13. The van der Waals surface area contributed by atoms with Crippen molar-refractivity contribution in [3.05, 3.63) is 64.8 Å². The van der Waals surface area contributed by atoms with E-state index in [2.05, 4.69) is 15.1 Å². The second-order valence-corrected chi connectivity index (χ2v) is 6.99. The van der Waals surface area contributed by atoms with E-state index in [-0.39, 0.29) is 40.6 Å². The summed E-state index contributed by atoms with van der Waals surface area (Å²) in [4.78, 5) is 8.45. The Bertz CT molecular complexity index is 1430. The molecule has 2 N–H and O–H groups in total. The van der Waals surface area contributed by atoms with Gasteiger partial charge in [-0.15, -0.1) is 0 Å². The fourth-order valence-electron chi connectivity index (χ4n) is 3.54. The number of rotatable bonds is 4. The standard InChI is InChI=1S/C22H14F3N7O/c1-33-19-14(3-2-4-17(19)22(23,24)25)11-32-20-16(10-29-32)18(30-21(28)31-20)15-6-12(8-26)5-13(7-15)9-27/h2-7,10H,11H2,1H3,(H2,28,30,31). The van der Waals surface area contributed by atoms with Gasteiger partial charge in [0.05, 0.1) is 59.8 Å². The van der Waals surface area contributed by atoms with Crippen molar-refractivity contribution in [2.75, 3.05) is 12.8 Å². The number of fused-ring (bicyclic) bond motifs is 1. The van der Waals surface area contributed by atoms with Crippen molar-refractivity contribution in [2.45, 2.75) is 12.7 Å². The molecule has 0 unspecified atom stereocenters. The molecule has 164 valence electrons. The maximum absolute atomic E-state index is 13.4. The minimum atomic E-state index is -4.59. The molecule has 0 saturated heterocycles. The van der Waals surface area contributed by atoms with Gasteiger partial charge >= 0.3 is 6.18 Å². The highest BCUT2D eigenvalue weighted by molar-refractivity contribution is 5.91. The van der Waals surface area contributed by atoms with Crippen LogP contribution in [0.1, 0.15) is 22.3 Å². The van der Waals surface area contributed by atoms with E-state index in [1.165, 1.54) is 36.2 Å². The van der Waals surface area contributed by atoms with Crippen molar-refractivity contribution in [3.8, 4) is 29.1 Å². The Morgan fingerprint density at radius 3 is 2.39 bits per heavy atom. The summed E-state index contributed by atoms with van der Waals surface area (Å²) in [6.07, 6.45) is -3.13. The smallest absolute Gasteiger partial charge is 0.419 e. The van der Waals surface area contributed by atoms with Crippen molar-refractivity contribution >= 4 is 17.0 Å². The van der Waals surface area contributed by atoms with E-state index in [1.54, 1.807) is 12.1 Å². The normalized spacial score (nSPS) is 11.2. The van der Waals surface area contributed by atoms with E-state index in [4.69, 9.17) is 10.5 Å². The number of ether oxygens (including phenoxy) is 1. The number of benzene rings is 2. The van der Waals surface area contributed by atoms with Crippen LogP contribution in [-0.2, 0) is 12.7 Å². The molecule has 0 aliphatic rings. The first kappa shape index (κ1) is 21.6. The van der Waals surface area contributed by atoms with Crippen LogP contribution in [0.25, 0.3) is 22.3 Å². The summed E-state index contributed by atoms with van der Waals surface area (Å²) < 4.78 is 46.6. The number of nitriles is 2. The molecule has 0 spiro atoms.